The van der Waals surface area contributed by atoms with Crippen LogP contribution in [0.3, 0.4) is 0 Å². The quantitative estimate of drug-likeness (QED) is 0.694. The van der Waals surface area contributed by atoms with Crippen LogP contribution in [-0.2, 0) is 9.59 Å². The minimum absolute atomic E-state index is 0.0312. The van der Waals surface area contributed by atoms with Gasteiger partial charge in [0.1, 0.15) is 0 Å². The molecule has 0 aromatic heterocycles. The first-order chi connectivity index (χ1) is 6.91. The lowest BCUT2D eigenvalue weighted by atomic mass is 10.1. The van der Waals surface area contributed by atoms with E-state index in [9.17, 15) is 18.4 Å². The van der Waals surface area contributed by atoms with Gasteiger partial charge >= 0.3 is 0 Å². The molecule has 0 spiro atoms. The maximum atomic E-state index is 13.1. The van der Waals surface area contributed by atoms with Gasteiger partial charge in [-0.3, -0.25) is 9.59 Å². The molecule has 1 heterocycles. The molecule has 0 aromatic carbocycles. The number of amides is 1. The molecular formula is C10H13F2NO2. The van der Waals surface area contributed by atoms with Gasteiger partial charge in [0.15, 0.2) is 5.78 Å². The monoisotopic (exact) mass is 217 g/mol. The number of carbonyl (C=O) groups is 2. The van der Waals surface area contributed by atoms with E-state index in [1.807, 2.05) is 0 Å². The maximum absolute atomic E-state index is 13.1. The molecule has 0 radical (unpaired) electrons. The number of ketones is 1. The van der Waals surface area contributed by atoms with Gasteiger partial charge in [0.25, 0.3) is 5.92 Å². The lowest BCUT2D eigenvalue weighted by Crippen LogP contribution is -2.44. The predicted octanol–water partition coefficient (Wildman–Crippen LogP) is 1.08. The van der Waals surface area contributed by atoms with Gasteiger partial charge in [-0.05, 0) is 0 Å². The summed E-state index contributed by atoms with van der Waals surface area (Å²) in [5, 5.41) is 0. The van der Waals surface area contributed by atoms with Crippen molar-refractivity contribution in [3.8, 4) is 0 Å². The van der Waals surface area contributed by atoms with Crippen molar-refractivity contribution in [3.05, 3.63) is 0 Å². The highest BCUT2D eigenvalue weighted by atomic mass is 19.3. The number of halogens is 2. The first-order valence-electron chi connectivity index (χ1n) is 5.09. The molecule has 0 bridgehead atoms. The Kier molecular flexibility index (Phi) is 2.10. The van der Waals surface area contributed by atoms with Crippen LogP contribution in [0.2, 0.25) is 0 Å². The van der Waals surface area contributed by atoms with Crippen molar-refractivity contribution >= 4 is 11.7 Å². The summed E-state index contributed by atoms with van der Waals surface area (Å²) in [6, 6.07) is -0.882. The van der Waals surface area contributed by atoms with Gasteiger partial charge in [-0.1, -0.05) is 6.92 Å². The molecule has 0 N–H and O–H groups in total. The minimum atomic E-state index is -2.73. The van der Waals surface area contributed by atoms with Crippen LogP contribution in [0.15, 0.2) is 0 Å². The average molecular weight is 217 g/mol. The fourth-order valence-electron chi connectivity index (χ4n) is 2.51. The Morgan fingerprint density at radius 2 is 2.07 bits per heavy atom. The Morgan fingerprint density at radius 1 is 1.47 bits per heavy atom. The van der Waals surface area contributed by atoms with Crippen molar-refractivity contribution in [3.63, 3.8) is 0 Å². The molecule has 5 heteroatoms. The normalized spacial score (nSPS) is 36.3. The standard InChI is InChI=1S/C10H13F2NO2/c1-3-7(15)9-8-6(10(8,11)12)4-13(9)5(2)14/h6,8-9H,3-4H2,1-2H3/t6-,8-,9?/m0/s1. The van der Waals surface area contributed by atoms with E-state index in [2.05, 4.69) is 0 Å². The van der Waals surface area contributed by atoms with Crippen LogP contribution in [0.5, 0.6) is 0 Å². The second-order valence-electron chi connectivity index (χ2n) is 4.24. The highest BCUT2D eigenvalue weighted by molar-refractivity contribution is 5.90. The van der Waals surface area contributed by atoms with Crippen molar-refractivity contribution < 1.29 is 18.4 Å². The lowest BCUT2D eigenvalue weighted by Gasteiger charge is -2.26. The number of nitrogens with zero attached hydrogens (tertiary/aromatic N) is 1. The van der Waals surface area contributed by atoms with Gasteiger partial charge in [0.2, 0.25) is 5.91 Å². The van der Waals surface area contributed by atoms with E-state index in [1.165, 1.54) is 11.8 Å². The zero-order valence-electron chi connectivity index (χ0n) is 8.67. The molecule has 84 valence electrons. The summed E-state index contributed by atoms with van der Waals surface area (Å²) in [7, 11) is 0. The molecular weight excluding hydrogens is 204 g/mol. The van der Waals surface area contributed by atoms with E-state index >= 15 is 0 Å². The molecule has 1 saturated carbocycles. The molecule has 2 aliphatic rings. The molecule has 1 aliphatic carbocycles. The van der Waals surface area contributed by atoms with Gasteiger partial charge < -0.3 is 4.90 Å². The molecule has 1 saturated heterocycles. The number of piperidine rings is 1. The molecule has 1 unspecified atom stereocenters. The Balaban J connectivity index is 2.22. The smallest absolute Gasteiger partial charge is 0.258 e. The van der Waals surface area contributed by atoms with E-state index in [0.29, 0.717) is 0 Å². The molecule has 1 amide bonds. The van der Waals surface area contributed by atoms with Gasteiger partial charge in [0.05, 0.1) is 17.9 Å². The van der Waals surface area contributed by atoms with E-state index in [4.69, 9.17) is 0 Å². The SMILES string of the molecule is CCC(=O)C1[C@@H]2[C@H](CN1C(C)=O)C2(F)F. The lowest BCUT2D eigenvalue weighted by molar-refractivity contribution is -0.139. The Bertz CT molecular complexity index is 329. The van der Waals surface area contributed by atoms with Crippen LogP contribution in [0.4, 0.5) is 8.78 Å². The van der Waals surface area contributed by atoms with Crippen molar-refractivity contribution in [2.45, 2.75) is 32.2 Å². The van der Waals surface area contributed by atoms with E-state index in [-0.39, 0.29) is 24.7 Å². The topological polar surface area (TPSA) is 37.4 Å². The summed E-state index contributed by atoms with van der Waals surface area (Å²) in [5.41, 5.74) is 0. The fraction of sp³-hybridized carbons (Fsp3) is 0.800. The second kappa shape index (κ2) is 3.00. The molecule has 3 atom stereocenters. The van der Waals surface area contributed by atoms with Crippen LogP contribution in [-0.4, -0.2) is 35.1 Å². The molecule has 1 aliphatic heterocycles. The van der Waals surface area contributed by atoms with Crippen molar-refractivity contribution in [1.82, 2.24) is 4.90 Å². The highest BCUT2D eigenvalue weighted by Gasteiger charge is 2.77. The van der Waals surface area contributed by atoms with Crippen LogP contribution in [0.1, 0.15) is 20.3 Å². The first kappa shape index (κ1) is 10.5. The van der Waals surface area contributed by atoms with Crippen molar-refractivity contribution in [2.24, 2.45) is 11.8 Å². The Labute approximate surface area is 86.4 Å². The third-order valence-electron chi connectivity index (χ3n) is 3.42. The number of hydrogen-bond acceptors (Lipinski definition) is 2. The number of Topliss-reactive ketones (excluding diaryl/α,β-unsaturated/α-hetero) is 1. The summed E-state index contributed by atoms with van der Waals surface area (Å²) < 4.78 is 26.3. The summed E-state index contributed by atoms with van der Waals surface area (Å²) >= 11 is 0. The number of rotatable bonds is 2. The molecule has 2 rings (SSSR count). The van der Waals surface area contributed by atoms with Crippen LogP contribution >= 0.6 is 0 Å². The summed E-state index contributed by atoms with van der Waals surface area (Å²) in [6.45, 7) is 2.98. The third-order valence-corrected chi connectivity index (χ3v) is 3.42. The summed E-state index contributed by atoms with van der Waals surface area (Å²) in [4.78, 5) is 24.0. The highest BCUT2D eigenvalue weighted by Crippen LogP contribution is 2.62. The van der Waals surface area contributed by atoms with Gasteiger partial charge in [-0.2, -0.15) is 0 Å². The molecule has 0 aromatic rings. The number of carbonyl (C=O) groups excluding carboxylic acids is 2. The van der Waals surface area contributed by atoms with Gasteiger partial charge in [0, 0.05) is 19.9 Å². The van der Waals surface area contributed by atoms with Crippen LogP contribution in [0, 0.1) is 11.8 Å². The third kappa shape index (κ3) is 1.28. The summed E-state index contributed by atoms with van der Waals surface area (Å²) in [5.74, 6) is -4.99. The number of likely N-dealkylation sites (tertiary alicyclic amines) is 1. The number of fused-ring (bicyclic) bond motifs is 1. The molecule has 2 fully saturated rings. The fourth-order valence-corrected chi connectivity index (χ4v) is 2.51. The largest absolute Gasteiger partial charge is 0.332 e. The molecule has 3 nitrogen and oxygen atoms in total. The van der Waals surface area contributed by atoms with Crippen molar-refractivity contribution in [1.29, 1.82) is 0 Å². The van der Waals surface area contributed by atoms with Gasteiger partial charge in [-0.15, -0.1) is 0 Å². The zero-order chi connectivity index (χ0) is 11.4. The van der Waals surface area contributed by atoms with Crippen LogP contribution < -0.4 is 0 Å². The predicted molar refractivity (Wildman–Crippen MR) is 48.4 cm³/mol. The second-order valence-corrected chi connectivity index (χ2v) is 4.24. The minimum Gasteiger partial charge on any atom is -0.332 e. The average Bonchev–Trinajstić information content (AvgIpc) is 2.60. The van der Waals surface area contributed by atoms with E-state index in [0.717, 1.165) is 0 Å². The van der Waals surface area contributed by atoms with E-state index < -0.39 is 23.8 Å². The Hall–Kier alpha value is -1.00. The first-order valence-corrected chi connectivity index (χ1v) is 5.09. The maximum Gasteiger partial charge on any atom is 0.258 e. The molecule has 15 heavy (non-hydrogen) atoms. The van der Waals surface area contributed by atoms with Gasteiger partial charge in [-0.25, -0.2) is 8.78 Å². The summed E-state index contributed by atoms with van der Waals surface area (Å²) in [6.07, 6.45) is 0.202. The van der Waals surface area contributed by atoms with Crippen molar-refractivity contribution in [2.75, 3.05) is 6.54 Å². The van der Waals surface area contributed by atoms with E-state index in [1.54, 1.807) is 6.92 Å². The number of alkyl halides is 2. The Morgan fingerprint density at radius 3 is 2.53 bits per heavy atom. The van der Waals surface area contributed by atoms with Crippen LogP contribution in [0.25, 0.3) is 0 Å². The zero-order valence-corrected chi connectivity index (χ0v) is 8.67. The number of hydrogen-bond donors (Lipinski definition) is 0.